The summed E-state index contributed by atoms with van der Waals surface area (Å²) in [6.45, 7) is 1.91. The van der Waals surface area contributed by atoms with Crippen LogP contribution in [-0.2, 0) is 0 Å². The summed E-state index contributed by atoms with van der Waals surface area (Å²) >= 11 is 7.10. The monoisotopic (exact) mass is 200 g/mol. The van der Waals surface area contributed by atoms with E-state index in [0.29, 0.717) is 5.02 Å². The van der Waals surface area contributed by atoms with E-state index in [4.69, 9.17) is 11.6 Å². The Hall–Kier alpha value is -0.600. The molecule has 0 aliphatic rings. The number of aryl methyl sites for hydroxylation is 1. The summed E-state index contributed by atoms with van der Waals surface area (Å²) in [5.41, 5.74) is 0.988. The highest BCUT2D eigenvalue weighted by atomic mass is 35.5. The molecule has 0 spiro atoms. The summed E-state index contributed by atoms with van der Waals surface area (Å²) in [6.07, 6.45) is 0. The normalized spacial score (nSPS) is 10.9. The SMILES string of the molecule is Cc1ccc2sc(F)cc2c1Cl. The molecule has 0 aliphatic carbocycles. The van der Waals surface area contributed by atoms with Crippen LogP contribution >= 0.6 is 22.9 Å². The number of hydrogen-bond donors (Lipinski definition) is 0. The Balaban J connectivity index is 2.89. The average molecular weight is 201 g/mol. The van der Waals surface area contributed by atoms with Crippen LogP contribution in [0.15, 0.2) is 18.2 Å². The van der Waals surface area contributed by atoms with Crippen LogP contribution in [0.5, 0.6) is 0 Å². The lowest BCUT2D eigenvalue weighted by atomic mass is 10.2. The Kier molecular flexibility index (Phi) is 1.81. The second kappa shape index (κ2) is 2.71. The summed E-state index contributed by atoms with van der Waals surface area (Å²) in [5.74, 6) is 0. The molecule has 0 bridgehead atoms. The van der Waals surface area contributed by atoms with Crippen LogP contribution in [0.1, 0.15) is 5.56 Å². The topological polar surface area (TPSA) is 0 Å². The zero-order valence-electron chi connectivity index (χ0n) is 6.40. The fourth-order valence-electron chi connectivity index (χ4n) is 1.16. The van der Waals surface area contributed by atoms with E-state index in [1.54, 1.807) is 0 Å². The van der Waals surface area contributed by atoms with Gasteiger partial charge in [-0.25, -0.2) is 0 Å². The molecule has 0 aliphatic heterocycles. The Morgan fingerprint density at radius 1 is 1.42 bits per heavy atom. The molecule has 0 saturated heterocycles. The van der Waals surface area contributed by atoms with Crippen LogP contribution in [-0.4, -0.2) is 0 Å². The number of benzene rings is 1. The molecule has 2 rings (SSSR count). The quantitative estimate of drug-likeness (QED) is 0.603. The van der Waals surface area contributed by atoms with Gasteiger partial charge >= 0.3 is 0 Å². The van der Waals surface area contributed by atoms with Crippen molar-refractivity contribution in [1.82, 2.24) is 0 Å². The first-order valence-electron chi connectivity index (χ1n) is 3.52. The highest BCUT2D eigenvalue weighted by Crippen LogP contribution is 2.32. The van der Waals surface area contributed by atoms with Gasteiger partial charge in [0.15, 0.2) is 5.13 Å². The molecule has 0 N–H and O–H groups in total. The molecule has 1 aromatic carbocycles. The van der Waals surface area contributed by atoms with Crippen LogP contribution in [0.2, 0.25) is 5.02 Å². The fourth-order valence-corrected chi connectivity index (χ4v) is 2.22. The number of thiophene rings is 1. The van der Waals surface area contributed by atoms with Gasteiger partial charge in [0.2, 0.25) is 0 Å². The largest absolute Gasteiger partial charge is 0.195 e. The van der Waals surface area contributed by atoms with Crippen LogP contribution in [0, 0.1) is 12.1 Å². The summed E-state index contributed by atoms with van der Waals surface area (Å²) in [6, 6.07) is 5.28. The van der Waals surface area contributed by atoms with Gasteiger partial charge in [0.05, 0.1) is 5.02 Å². The molecule has 0 fully saturated rings. The van der Waals surface area contributed by atoms with Gasteiger partial charge < -0.3 is 0 Å². The molecule has 2 aromatic rings. The molecule has 0 atom stereocenters. The zero-order valence-corrected chi connectivity index (χ0v) is 7.97. The van der Waals surface area contributed by atoms with Crippen molar-refractivity contribution in [3.63, 3.8) is 0 Å². The molecule has 1 heterocycles. The molecular formula is C9H6ClFS. The van der Waals surface area contributed by atoms with E-state index in [1.165, 1.54) is 6.07 Å². The lowest BCUT2D eigenvalue weighted by molar-refractivity contribution is 0.658. The molecule has 1 aromatic heterocycles. The van der Waals surface area contributed by atoms with Crippen LogP contribution in [0.25, 0.3) is 10.1 Å². The number of rotatable bonds is 0. The molecule has 62 valence electrons. The van der Waals surface area contributed by atoms with Crippen molar-refractivity contribution in [1.29, 1.82) is 0 Å². The minimum absolute atomic E-state index is 0.183. The van der Waals surface area contributed by atoms with Crippen molar-refractivity contribution in [2.24, 2.45) is 0 Å². The zero-order chi connectivity index (χ0) is 8.72. The predicted molar refractivity (Wildman–Crippen MR) is 51.5 cm³/mol. The Bertz CT molecular complexity index is 433. The van der Waals surface area contributed by atoms with E-state index >= 15 is 0 Å². The van der Waals surface area contributed by atoms with E-state index in [0.717, 1.165) is 27.0 Å². The first-order chi connectivity index (χ1) is 5.68. The number of hydrogen-bond acceptors (Lipinski definition) is 1. The molecule has 0 amide bonds. The van der Waals surface area contributed by atoms with E-state index in [-0.39, 0.29) is 5.13 Å². The maximum Gasteiger partial charge on any atom is 0.177 e. The number of fused-ring (bicyclic) bond motifs is 1. The lowest BCUT2D eigenvalue weighted by Gasteiger charge is -1.96. The highest BCUT2D eigenvalue weighted by Gasteiger charge is 2.05. The molecule has 3 heteroatoms. The van der Waals surface area contributed by atoms with Gasteiger partial charge in [-0.05, 0) is 24.6 Å². The van der Waals surface area contributed by atoms with E-state index < -0.39 is 0 Å². The third kappa shape index (κ3) is 1.11. The van der Waals surface area contributed by atoms with Gasteiger partial charge in [-0.15, -0.1) is 11.3 Å². The predicted octanol–water partition coefficient (Wildman–Crippen LogP) is 4.00. The third-order valence-electron chi connectivity index (χ3n) is 1.80. The maximum absolute atomic E-state index is 12.8. The van der Waals surface area contributed by atoms with E-state index in [1.807, 2.05) is 19.1 Å². The van der Waals surface area contributed by atoms with Gasteiger partial charge in [0.25, 0.3) is 0 Å². The van der Waals surface area contributed by atoms with Crippen molar-refractivity contribution in [2.45, 2.75) is 6.92 Å². The smallest absolute Gasteiger partial charge is 0.177 e. The Morgan fingerprint density at radius 3 is 2.92 bits per heavy atom. The standard InChI is InChI=1S/C9H6ClFS/c1-5-2-3-7-6(9(5)10)4-8(11)12-7/h2-4H,1H3. The molecule has 0 unspecified atom stereocenters. The number of halogens is 2. The fraction of sp³-hybridized carbons (Fsp3) is 0.111. The average Bonchev–Trinajstić information content (AvgIpc) is 2.39. The van der Waals surface area contributed by atoms with Crippen molar-refractivity contribution >= 4 is 33.0 Å². The Morgan fingerprint density at radius 2 is 2.17 bits per heavy atom. The summed E-state index contributed by atoms with van der Waals surface area (Å²) < 4.78 is 13.7. The van der Waals surface area contributed by atoms with Gasteiger partial charge in [-0.1, -0.05) is 17.7 Å². The van der Waals surface area contributed by atoms with Crippen molar-refractivity contribution in [2.75, 3.05) is 0 Å². The van der Waals surface area contributed by atoms with Gasteiger partial charge in [-0.3, -0.25) is 0 Å². The van der Waals surface area contributed by atoms with Crippen molar-refractivity contribution in [3.8, 4) is 0 Å². The van der Waals surface area contributed by atoms with Gasteiger partial charge in [0.1, 0.15) is 0 Å². The van der Waals surface area contributed by atoms with E-state index in [2.05, 4.69) is 0 Å². The molecule has 0 saturated carbocycles. The van der Waals surface area contributed by atoms with E-state index in [9.17, 15) is 4.39 Å². The van der Waals surface area contributed by atoms with Crippen LogP contribution < -0.4 is 0 Å². The van der Waals surface area contributed by atoms with Crippen molar-refractivity contribution < 1.29 is 4.39 Å². The summed E-state index contributed by atoms with van der Waals surface area (Å²) in [5, 5.41) is 1.30. The second-order valence-corrected chi connectivity index (χ2v) is 4.07. The molecular weight excluding hydrogens is 195 g/mol. The third-order valence-corrected chi connectivity index (χ3v) is 3.19. The lowest BCUT2D eigenvalue weighted by Crippen LogP contribution is -1.73. The highest BCUT2D eigenvalue weighted by molar-refractivity contribution is 7.17. The van der Waals surface area contributed by atoms with Gasteiger partial charge in [0, 0.05) is 10.1 Å². The summed E-state index contributed by atoms with van der Waals surface area (Å²) in [4.78, 5) is 0. The minimum Gasteiger partial charge on any atom is -0.195 e. The molecule has 0 nitrogen and oxygen atoms in total. The Labute approximate surface area is 78.6 Å². The van der Waals surface area contributed by atoms with Gasteiger partial charge in [-0.2, -0.15) is 4.39 Å². The maximum atomic E-state index is 12.8. The second-order valence-electron chi connectivity index (χ2n) is 2.66. The van der Waals surface area contributed by atoms with Crippen LogP contribution in [0.3, 0.4) is 0 Å². The summed E-state index contributed by atoms with van der Waals surface area (Å²) in [7, 11) is 0. The molecule has 12 heavy (non-hydrogen) atoms. The van der Waals surface area contributed by atoms with Crippen molar-refractivity contribution in [3.05, 3.63) is 33.9 Å². The minimum atomic E-state index is -0.183. The van der Waals surface area contributed by atoms with Crippen LogP contribution in [0.4, 0.5) is 4.39 Å². The molecule has 0 radical (unpaired) electrons. The first kappa shape index (κ1) is 8.02. The first-order valence-corrected chi connectivity index (χ1v) is 4.72.